The first kappa shape index (κ1) is 17.0. The van der Waals surface area contributed by atoms with Crippen LogP contribution in [-0.4, -0.2) is 17.8 Å². The van der Waals surface area contributed by atoms with E-state index < -0.39 is 0 Å². The molecule has 4 rings (SSSR count). The molecule has 0 radical (unpaired) electrons. The molecule has 0 bridgehead atoms. The highest BCUT2D eigenvalue weighted by Gasteiger charge is 2.24. The van der Waals surface area contributed by atoms with Crippen molar-refractivity contribution in [2.75, 3.05) is 6.61 Å². The van der Waals surface area contributed by atoms with Crippen molar-refractivity contribution in [1.29, 1.82) is 0 Å². The van der Waals surface area contributed by atoms with Crippen LogP contribution in [0, 0.1) is 12.3 Å². The number of nitrogens with zero attached hydrogens (tertiary/aromatic N) is 2. The monoisotopic (exact) mass is 354 g/mol. The first-order valence-corrected chi connectivity index (χ1v) is 8.72. The molecule has 0 aliphatic carbocycles. The summed E-state index contributed by atoms with van der Waals surface area (Å²) in [5, 5.41) is 0. The van der Waals surface area contributed by atoms with Crippen LogP contribution in [0.3, 0.4) is 0 Å². The van der Waals surface area contributed by atoms with Gasteiger partial charge in [0.2, 0.25) is 0 Å². The highest BCUT2D eigenvalue weighted by atomic mass is 16.5. The maximum Gasteiger partial charge on any atom is 0.139 e. The molecule has 0 spiro atoms. The third-order valence-corrected chi connectivity index (χ3v) is 4.32. The average Bonchev–Trinajstić information content (AvgIpc) is 3.14. The van der Waals surface area contributed by atoms with Crippen molar-refractivity contribution in [3.8, 4) is 23.8 Å². The van der Waals surface area contributed by atoms with E-state index in [0.29, 0.717) is 13.2 Å². The SMILES string of the molecule is C#Cc1ccc(Oc2ccnc3c2C=NC3COCc2ccccc2)cc1. The minimum atomic E-state index is -0.115. The molecule has 0 amide bonds. The molecular formula is C23H18N2O2. The van der Waals surface area contributed by atoms with Gasteiger partial charge < -0.3 is 9.47 Å². The van der Waals surface area contributed by atoms with E-state index in [9.17, 15) is 0 Å². The Bertz CT molecular complexity index is 989. The van der Waals surface area contributed by atoms with Crippen LogP contribution >= 0.6 is 0 Å². The summed E-state index contributed by atoms with van der Waals surface area (Å²) in [4.78, 5) is 9.03. The summed E-state index contributed by atoms with van der Waals surface area (Å²) in [6, 6.07) is 19.2. The van der Waals surface area contributed by atoms with E-state index in [1.807, 2.05) is 66.9 Å². The fraction of sp³-hybridized carbons (Fsp3) is 0.130. The predicted molar refractivity (Wildman–Crippen MR) is 105 cm³/mol. The van der Waals surface area contributed by atoms with Crippen molar-refractivity contribution in [3.63, 3.8) is 0 Å². The molecule has 2 heterocycles. The van der Waals surface area contributed by atoms with Gasteiger partial charge in [-0.1, -0.05) is 36.3 Å². The number of ether oxygens (including phenoxy) is 2. The molecule has 4 heteroatoms. The smallest absolute Gasteiger partial charge is 0.139 e. The normalized spacial score (nSPS) is 14.6. The molecule has 2 aromatic carbocycles. The minimum absolute atomic E-state index is 0.115. The largest absolute Gasteiger partial charge is 0.457 e. The van der Waals surface area contributed by atoms with Gasteiger partial charge >= 0.3 is 0 Å². The minimum Gasteiger partial charge on any atom is -0.457 e. The van der Waals surface area contributed by atoms with Gasteiger partial charge in [-0.3, -0.25) is 9.98 Å². The summed E-state index contributed by atoms with van der Waals surface area (Å²) < 4.78 is 11.8. The van der Waals surface area contributed by atoms with Crippen LogP contribution in [-0.2, 0) is 11.3 Å². The Hall–Kier alpha value is -3.42. The molecule has 0 fully saturated rings. The maximum atomic E-state index is 6.00. The Morgan fingerprint density at radius 2 is 1.81 bits per heavy atom. The summed E-state index contributed by atoms with van der Waals surface area (Å²) in [5.74, 6) is 4.04. The molecule has 1 aromatic heterocycles. The standard InChI is InChI=1S/C23H18N2O2/c1-2-17-8-10-19(11-9-17)27-22-12-13-24-23-20(22)14-25-21(23)16-26-15-18-6-4-3-5-7-18/h1,3-14,21H,15-16H2. The zero-order valence-corrected chi connectivity index (χ0v) is 14.7. The number of rotatable bonds is 6. The van der Waals surface area contributed by atoms with E-state index in [1.54, 1.807) is 6.20 Å². The number of terminal acetylenes is 1. The molecule has 1 atom stereocenters. The van der Waals surface area contributed by atoms with E-state index in [1.165, 1.54) is 0 Å². The van der Waals surface area contributed by atoms with E-state index >= 15 is 0 Å². The molecule has 132 valence electrons. The fourth-order valence-corrected chi connectivity index (χ4v) is 2.92. The summed E-state index contributed by atoms with van der Waals surface area (Å²) in [5.41, 5.74) is 3.73. The van der Waals surface area contributed by atoms with E-state index in [0.717, 1.165) is 33.9 Å². The Kier molecular flexibility index (Phi) is 4.95. The predicted octanol–water partition coefficient (Wildman–Crippen LogP) is 4.55. The molecule has 4 nitrogen and oxygen atoms in total. The Morgan fingerprint density at radius 1 is 1.00 bits per heavy atom. The van der Waals surface area contributed by atoms with Gasteiger partial charge in [-0.25, -0.2) is 0 Å². The second-order valence-electron chi connectivity index (χ2n) is 6.17. The molecule has 1 aliphatic heterocycles. The lowest BCUT2D eigenvalue weighted by molar-refractivity contribution is 0.108. The van der Waals surface area contributed by atoms with Crippen LogP contribution in [0.5, 0.6) is 11.5 Å². The van der Waals surface area contributed by atoms with Gasteiger partial charge in [0, 0.05) is 18.0 Å². The lowest BCUT2D eigenvalue weighted by Gasteiger charge is -2.12. The number of aliphatic imine (C=N–C) groups is 1. The molecule has 0 N–H and O–H groups in total. The number of benzene rings is 2. The van der Waals surface area contributed by atoms with Crippen LogP contribution in [0.1, 0.15) is 28.4 Å². The maximum absolute atomic E-state index is 6.00. The Balaban J connectivity index is 1.44. The topological polar surface area (TPSA) is 43.7 Å². The number of pyridine rings is 1. The van der Waals surface area contributed by atoms with Crippen molar-refractivity contribution in [2.24, 2.45) is 4.99 Å². The van der Waals surface area contributed by atoms with Gasteiger partial charge in [-0.2, -0.15) is 0 Å². The van der Waals surface area contributed by atoms with Crippen LogP contribution in [0.2, 0.25) is 0 Å². The van der Waals surface area contributed by atoms with Crippen LogP contribution in [0.15, 0.2) is 71.9 Å². The van der Waals surface area contributed by atoms with Crippen molar-refractivity contribution in [2.45, 2.75) is 12.6 Å². The molecule has 3 aromatic rings. The summed E-state index contributed by atoms with van der Waals surface area (Å²) >= 11 is 0. The van der Waals surface area contributed by atoms with Crippen LogP contribution in [0.25, 0.3) is 0 Å². The van der Waals surface area contributed by atoms with E-state index in [2.05, 4.69) is 15.9 Å². The third kappa shape index (κ3) is 3.89. The molecule has 0 saturated carbocycles. The highest BCUT2D eigenvalue weighted by molar-refractivity contribution is 5.88. The number of aromatic nitrogens is 1. The van der Waals surface area contributed by atoms with Gasteiger partial charge in [0.15, 0.2) is 0 Å². The average molecular weight is 354 g/mol. The van der Waals surface area contributed by atoms with E-state index in [4.69, 9.17) is 15.9 Å². The third-order valence-electron chi connectivity index (χ3n) is 4.32. The second kappa shape index (κ2) is 7.86. The van der Waals surface area contributed by atoms with Gasteiger partial charge in [0.25, 0.3) is 0 Å². The first-order valence-electron chi connectivity index (χ1n) is 8.72. The van der Waals surface area contributed by atoms with Gasteiger partial charge in [0.05, 0.1) is 24.5 Å². The van der Waals surface area contributed by atoms with Crippen molar-refractivity contribution in [3.05, 3.63) is 89.2 Å². The Morgan fingerprint density at radius 3 is 2.59 bits per heavy atom. The lowest BCUT2D eigenvalue weighted by Crippen LogP contribution is -2.06. The van der Waals surface area contributed by atoms with Crippen LogP contribution < -0.4 is 4.74 Å². The van der Waals surface area contributed by atoms with Crippen molar-refractivity contribution >= 4 is 6.21 Å². The number of hydrogen-bond donors (Lipinski definition) is 0. The molecular weight excluding hydrogens is 336 g/mol. The highest BCUT2D eigenvalue weighted by Crippen LogP contribution is 2.33. The molecule has 1 unspecified atom stereocenters. The van der Waals surface area contributed by atoms with Gasteiger partial charge in [0.1, 0.15) is 17.5 Å². The fourth-order valence-electron chi connectivity index (χ4n) is 2.92. The Labute approximate surface area is 158 Å². The first-order chi connectivity index (χ1) is 13.3. The number of fused-ring (bicyclic) bond motifs is 1. The zero-order valence-electron chi connectivity index (χ0n) is 14.7. The second-order valence-corrected chi connectivity index (χ2v) is 6.17. The summed E-state index contributed by atoms with van der Waals surface area (Å²) in [7, 11) is 0. The molecule has 0 saturated heterocycles. The van der Waals surface area contributed by atoms with Crippen molar-refractivity contribution in [1.82, 2.24) is 4.98 Å². The summed E-state index contributed by atoms with van der Waals surface area (Å²) in [6.07, 6.45) is 8.94. The van der Waals surface area contributed by atoms with Crippen molar-refractivity contribution < 1.29 is 9.47 Å². The number of hydrogen-bond acceptors (Lipinski definition) is 4. The lowest BCUT2D eigenvalue weighted by atomic mass is 10.1. The molecule has 27 heavy (non-hydrogen) atoms. The quantitative estimate of drug-likeness (QED) is 0.610. The molecule has 1 aliphatic rings. The van der Waals surface area contributed by atoms with Gasteiger partial charge in [-0.05, 0) is 35.9 Å². The van der Waals surface area contributed by atoms with Crippen LogP contribution in [0.4, 0.5) is 0 Å². The van der Waals surface area contributed by atoms with E-state index in [-0.39, 0.29) is 6.04 Å². The van der Waals surface area contributed by atoms with Gasteiger partial charge in [-0.15, -0.1) is 6.42 Å². The zero-order chi connectivity index (χ0) is 18.5. The summed E-state index contributed by atoms with van der Waals surface area (Å²) in [6.45, 7) is 1.03.